The SMILES string of the molecule is Cc1ccc(N(C)C2=NC(=O)/C(=C\c3ccc(NCCO)cc3)S2)cc1. The Labute approximate surface area is 157 Å². The number of nitrogens with one attached hydrogen (secondary N) is 1. The number of amides is 1. The fourth-order valence-corrected chi connectivity index (χ4v) is 3.36. The largest absolute Gasteiger partial charge is 0.395 e. The van der Waals surface area contributed by atoms with Crippen molar-refractivity contribution in [3.63, 3.8) is 0 Å². The maximum absolute atomic E-state index is 12.2. The van der Waals surface area contributed by atoms with Gasteiger partial charge in [0.15, 0.2) is 5.17 Å². The Kier molecular flexibility index (Phi) is 5.75. The second kappa shape index (κ2) is 8.21. The van der Waals surface area contributed by atoms with Crippen molar-refractivity contribution in [3.8, 4) is 0 Å². The fraction of sp³-hybridized carbons (Fsp3) is 0.200. The molecule has 0 radical (unpaired) electrons. The highest BCUT2D eigenvalue weighted by Crippen LogP contribution is 2.32. The number of aliphatic imine (C=N–C) groups is 1. The normalized spacial score (nSPS) is 15.3. The number of carbonyl (C=O) groups is 1. The number of nitrogens with zero attached hydrogens (tertiary/aromatic N) is 2. The Morgan fingerprint density at radius 1 is 1.15 bits per heavy atom. The van der Waals surface area contributed by atoms with E-state index in [1.165, 1.54) is 17.3 Å². The van der Waals surface area contributed by atoms with E-state index in [9.17, 15) is 4.79 Å². The number of benzene rings is 2. The van der Waals surface area contributed by atoms with E-state index in [0.29, 0.717) is 16.6 Å². The highest BCUT2D eigenvalue weighted by Gasteiger charge is 2.25. The topological polar surface area (TPSA) is 64.9 Å². The lowest BCUT2D eigenvalue weighted by molar-refractivity contribution is -0.113. The van der Waals surface area contributed by atoms with Crippen LogP contribution in [0.3, 0.4) is 0 Å². The molecule has 0 bridgehead atoms. The molecular weight excluding hydrogens is 346 g/mol. The van der Waals surface area contributed by atoms with E-state index in [1.54, 1.807) is 0 Å². The van der Waals surface area contributed by atoms with Crippen LogP contribution in [0.1, 0.15) is 11.1 Å². The summed E-state index contributed by atoms with van der Waals surface area (Å²) in [6.45, 7) is 2.64. The van der Waals surface area contributed by atoms with Gasteiger partial charge in [-0.05, 0) is 54.6 Å². The number of rotatable bonds is 5. The van der Waals surface area contributed by atoms with Crippen LogP contribution in [0.5, 0.6) is 0 Å². The van der Waals surface area contributed by atoms with Crippen LogP contribution in [0.2, 0.25) is 0 Å². The molecule has 0 aliphatic carbocycles. The molecule has 0 saturated heterocycles. The first-order valence-electron chi connectivity index (χ1n) is 8.34. The number of hydrogen-bond donors (Lipinski definition) is 2. The predicted octanol–water partition coefficient (Wildman–Crippen LogP) is 3.51. The molecule has 1 aliphatic rings. The van der Waals surface area contributed by atoms with Gasteiger partial charge in [0, 0.05) is 25.0 Å². The summed E-state index contributed by atoms with van der Waals surface area (Å²) in [4.78, 5) is 19.0. The number of aliphatic hydroxyl groups is 1. The maximum atomic E-state index is 12.2. The van der Waals surface area contributed by atoms with Crippen LogP contribution in [0.4, 0.5) is 11.4 Å². The molecule has 3 rings (SSSR count). The van der Waals surface area contributed by atoms with Crippen molar-refractivity contribution in [3.05, 3.63) is 64.6 Å². The molecule has 0 atom stereocenters. The first kappa shape index (κ1) is 18.2. The molecule has 26 heavy (non-hydrogen) atoms. The zero-order chi connectivity index (χ0) is 18.5. The van der Waals surface area contributed by atoms with Gasteiger partial charge in [0.05, 0.1) is 11.5 Å². The molecule has 5 nitrogen and oxygen atoms in total. The summed E-state index contributed by atoms with van der Waals surface area (Å²) in [6, 6.07) is 15.8. The fourth-order valence-electron chi connectivity index (χ4n) is 2.47. The number of thioether (sulfide) groups is 1. The van der Waals surface area contributed by atoms with Crippen molar-refractivity contribution in [1.29, 1.82) is 0 Å². The van der Waals surface area contributed by atoms with Crippen LogP contribution in [0.15, 0.2) is 58.4 Å². The van der Waals surface area contributed by atoms with Crippen molar-refractivity contribution in [2.75, 3.05) is 30.4 Å². The van der Waals surface area contributed by atoms with Gasteiger partial charge in [0.25, 0.3) is 5.91 Å². The average Bonchev–Trinajstić information content (AvgIpc) is 3.02. The molecule has 1 heterocycles. The van der Waals surface area contributed by atoms with E-state index in [1.807, 2.05) is 73.5 Å². The molecule has 0 spiro atoms. The summed E-state index contributed by atoms with van der Waals surface area (Å²) in [5.41, 5.74) is 4.06. The Balaban J connectivity index is 1.70. The van der Waals surface area contributed by atoms with E-state index >= 15 is 0 Å². The second-order valence-corrected chi connectivity index (χ2v) is 6.99. The predicted molar refractivity (Wildman–Crippen MR) is 110 cm³/mol. The molecule has 1 aliphatic heterocycles. The van der Waals surface area contributed by atoms with Crippen molar-refractivity contribution >= 4 is 40.3 Å². The maximum Gasteiger partial charge on any atom is 0.286 e. The van der Waals surface area contributed by atoms with Gasteiger partial charge >= 0.3 is 0 Å². The first-order valence-corrected chi connectivity index (χ1v) is 9.16. The molecule has 0 unspecified atom stereocenters. The lowest BCUT2D eigenvalue weighted by Crippen LogP contribution is -2.21. The smallest absolute Gasteiger partial charge is 0.286 e. The second-order valence-electron chi connectivity index (χ2n) is 5.98. The zero-order valence-corrected chi connectivity index (χ0v) is 15.6. The third-order valence-corrected chi connectivity index (χ3v) is 5.03. The third kappa shape index (κ3) is 4.33. The Morgan fingerprint density at radius 3 is 2.50 bits per heavy atom. The molecule has 0 saturated carbocycles. The minimum Gasteiger partial charge on any atom is -0.395 e. The lowest BCUT2D eigenvalue weighted by Gasteiger charge is -2.17. The number of aliphatic hydroxyl groups excluding tert-OH is 1. The molecule has 1 amide bonds. The van der Waals surface area contributed by atoms with Crippen molar-refractivity contribution in [2.45, 2.75) is 6.92 Å². The first-order chi connectivity index (χ1) is 12.6. The Bertz CT molecular complexity index is 842. The summed E-state index contributed by atoms with van der Waals surface area (Å²) in [5.74, 6) is -0.216. The van der Waals surface area contributed by atoms with E-state index < -0.39 is 0 Å². The molecule has 6 heteroatoms. The van der Waals surface area contributed by atoms with Gasteiger partial charge in [0.1, 0.15) is 0 Å². The summed E-state index contributed by atoms with van der Waals surface area (Å²) in [7, 11) is 1.91. The minimum absolute atomic E-state index is 0.0888. The van der Waals surface area contributed by atoms with E-state index in [4.69, 9.17) is 5.11 Å². The van der Waals surface area contributed by atoms with E-state index in [0.717, 1.165) is 16.9 Å². The van der Waals surface area contributed by atoms with Crippen LogP contribution in [-0.2, 0) is 4.79 Å². The van der Waals surface area contributed by atoms with Gasteiger partial charge < -0.3 is 15.3 Å². The number of carbonyl (C=O) groups excluding carboxylic acids is 1. The van der Waals surface area contributed by atoms with E-state index in [-0.39, 0.29) is 12.5 Å². The van der Waals surface area contributed by atoms with Gasteiger partial charge in [-0.2, -0.15) is 4.99 Å². The highest BCUT2D eigenvalue weighted by atomic mass is 32.2. The Hall–Kier alpha value is -2.57. The third-order valence-electron chi connectivity index (χ3n) is 3.97. The van der Waals surface area contributed by atoms with Crippen LogP contribution in [-0.4, -0.2) is 36.4 Å². The van der Waals surface area contributed by atoms with Crippen LogP contribution in [0.25, 0.3) is 6.08 Å². The van der Waals surface area contributed by atoms with E-state index in [2.05, 4.69) is 10.3 Å². The van der Waals surface area contributed by atoms with Crippen molar-refractivity contribution in [1.82, 2.24) is 0 Å². The molecule has 134 valence electrons. The standard InChI is InChI=1S/C20H21N3O2S/c1-14-3-9-17(10-4-14)23(2)20-22-19(25)18(26-20)13-15-5-7-16(8-6-15)21-11-12-24/h3-10,13,21,24H,11-12H2,1-2H3/b18-13+. The number of amidine groups is 1. The average molecular weight is 367 g/mol. The number of hydrogen-bond acceptors (Lipinski definition) is 5. The Morgan fingerprint density at radius 2 is 1.85 bits per heavy atom. The molecule has 0 fully saturated rings. The molecular formula is C20H21N3O2S. The van der Waals surface area contributed by atoms with Crippen LogP contribution >= 0.6 is 11.8 Å². The van der Waals surface area contributed by atoms with Gasteiger partial charge in [-0.15, -0.1) is 0 Å². The van der Waals surface area contributed by atoms with Gasteiger partial charge in [0.2, 0.25) is 0 Å². The number of aryl methyl sites for hydroxylation is 1. The molecule has 2 aromatic rings. The number of anilines is 2. The van der Waals surface area contributed by atoms with Gasteiger partial charge in [-0.1, -0.05) is 29.8 Å². The summed E-state index contributed by atoms with van der Waals surface area (Å²) in [5, 5.41) is 12.6. The quantitative estimate of drug-likeness (QED) is 0.792. The molecule has 0 aromatic heterocycles. The highest BCUT2D eigenvalue weighted by molar-refractivity contribution is 8.18. The summed E-state index contributed by atoms with van der Waals surface area (Å²) < 4.78 is 0. The zero-order valence-electron chi connectivity index (χ0n) is 14.8. The molecule has 2 aromatic carbocycles. The van der Waals surface area contributed by atoms with Crippen LogP contribution in [0, 0.1) is 6.92 Å². The van der Waals surface area contributed by atoms with Crippen LogP contribution < -0.4 is 10.2 Å². The summed E-state index contributed by atoms with van der Waals surface area (Å²) in [6.07, 6.45) is 1.85. The lowest BCUT2D eigenvalue weighted by atomic mass is 10.2. The van der Waals surface area contributed by atoms with Crippen molar-refractivity contribution < 1.29 is 9.90 Å². The minimum atomic E-state index is -0.216. The summed E-state index contributed by atoms with van der Waals surface area (Å²) >= 11 is 1.38. The molecule has 2 N–H and O–H groups in total. The van der Waals surface area contributed by atoms with Crippen molar-refractivity contribution in [2.24, 2.45) is 4.99 Å². The van der Waals surface area contributed by atoms with Gasteiger partial charge in [-0.25, -0.2) is 0 Å². The monoisotopic (exact) mass is 367 g/mol. The van der Waals surface area contributed by atoms with Gasteiger partial charge in [-0.3, -0.25) is 4.79 Å².